The molecule has 0 saturated heterocycles. The maximum atomic E-state index is 13.3. The van der Waals surface area contributed by atoms with E-state index in [0.29, 0.717) is 34.4 Å². The lowest BCUT2D eigenvalue weighted by molar-refractivity contribution is -0.113. The Balaban J connectivity index is 1.77. The third-order valence-corrected chi connectivity index (χ3v) is 4.86. The first kappa shape index (κ1) is 20.4. The maximum absolute atomic E-state index is 13.3. The molecule has 0 radical (unpaired) electrons. The monoisotopic (exact) mass is 420 g/mol. The van der Waals surface area contributed by atoms with Crippen molar-refractivity contribution >= 4 is 17.5 Å². The van der Waals surface area contributed by atoms with Gasteiger partial charge in [-0.25, -0.2) is 0 Å². The van der Waals surface area contributed by atoms with Crippen molar-refractivity contribution in [1.29, 1.82) is 0 Å². The molecule has 0 spiro atoms. The molecule has 160 valence electrons. The van der Waals surface area contributed by atoms with Crippen molar-refractivity contribution < 1.29 is 14.3 Å². The van der Waals surface area contributed by atoms with E-state index in [9.17, 15) is 4.79 Å². The molecule has 1 aromatic heterocycles. The Morgan fingerprint density at radius 2 is 1.94 bits per heavy atom. The van der Waals surface area contributed by atoms with Crippen LogP contribution in [0.5, 0.6) is 11.5 Å². The number of amides is 1. The van der Waals surface area contributed by atoms with Crippen molar-refractivity contribution in [3.05, 3.63) is 65.4 Å². The molecule has 3 aromatic rings. The van der Waals surface area contributed by atoms with Gasteiger partial charge in [-0.3, -0.25) is 4.79 Å². The average Bonchev–Trinajstić information content (AvgIpc) is 3.21. The minimum absolute atomic E-state index is 0.000833. The summed E-state index contributed by atoms with van der Waals surface area (Å²) >= 11 is 0. The molecule has 9 heteroatoms. The first-order chi connectivity index (χ1) is 15.0. The molecule has 0 bridgehead atoms. The largest absolute Gasteiger partial charge is 0.493 e. The van der Waals surface area contributed by atoms with Gasteiger partial charge in [0.25, 0.3) is 5.91 Å². The summed E-state index contributed by atoms with van der Waals surface area (Å²) in [5.74, 6) is 1.41. The molecule has 0 saturated carbocycles. The Kier molecular flexibility index (Phi) is 5.57. The van der Waals surface area contributed by atoms with E-state index >= 15 is 0 Å². The van der Waals surface area contributed by atoms with Gasteiger partial charge >= 0.3 is 0 Å². The van der Waals surface area contributed by atoms with Crippen LogP contribution >= 0.6 is 0 Å². The highest BCUT2D eigenvalue weighted by Gasteiger charge is 2.34. The highest BCUT2D eigenvalue weighted by molar-refractivity contribution is 6.06. The molecule has 1 amide bonds. The van der Waals surface area contributed by atoms with Crippen LogP contribution in [0.15, 0.2) is 59.8 Å². The number of fused-ring (bicyclic) bond motifs is 1. The van der Waals surface area contributed by atoms with Crippen molar-refractivity contribution in [2.45, 2.75) is 32.9 Å². The summed E-state index contributed by atoms with van der Waals surface area (Å²) in [4.78, 5) is 13.3. The molecule has 1 unspecified atom stereocenters. The van der Waals surface area contributed by atoms with Gasteiger partial charge in [-0.2, -0.15) is 4.68 Å². The Hall–Kier alpha value is -3.88. The zero-order valence-corrected chi connectivity index (χ0v) is 17.8. The molecular weight excluding hydrogens is 396 g/mol. The minimum Gasteiger partial charge on any atom is -0.493 e. The Morgan fingerprint density at radius 1 is 1.16 bits per heavy atom. The van der Waals surface area contributed by atoms with Gasteiger partial charge in [0, 0.05) is 11.4 Å². The van der Waals surface area contributed by atoms with Crippen LogP contribution in [0.2, 0.25) is 0 Å². The smallest absolute Gasteiger partial charge is 0.255 e. The van der Waals surface area contributed by atoms with Gasteiger partial charge < -0.3 is 20.1 Å². The van der Waals surface area contributed by atoms with Crippen LogP contribution in [0.25, 0.3) is 0 Å². The second-order valence-corrected chi connectivity index (χ2v) is 7.41. The number of nitrogens with one attached hydrogen (secondary N) is 2. The lowest BCUT2D eigenvalue weighted by Gasteiger charge is -2.28. The van der Waals surface area contributed by atoms with Gasteiger partial charge in [0.1, 0.15) is 6.04 Å². The zero-order chi connectivity index (χ0) is 22.0. The summed E-state index contributed by atoms with van der Waals surface area (Å²) in [6, 6.07) is 14.3. The zero-order valence-electron chi connectivity index (χ0n) is 17.8. The van der Waals surface area contributed by atoms with Crippen LogP contribution in [-0.4, -0.2) is 39.3 Å². The number of hydrogen-bond donors (Lipinski definition) is 2. The van der Waals surface area contributed by atoms with E-state index < -0.39 is 6.04 Å². The first-order valence-corrected chi connectivity index (χ1v) is 9.94. The number of allylic oxidation sites excluding steroid dienone is 1. The normalized spacial score (nSPS) is 15.3. The fourth-order valence-electron chi connectivity index (χ4n) is 3.54. The number of anilines is 2. The predicted octanol–water partition coefficient (Wildman–Crippen LogP) is 3.40. The van der Waals surface area contributed by atoms with Crippen molar-refractivity contribution in [2.24, 2.45) is 0 Å². The SMILES string of the molecule is COc1cc(C2C(C(=O)Nc3ccccc3)=C(C)Nc3nnnn32)ccc1OC(C)C. The Labute approximate surface area is 180 Å². The van der Waals surface area contributed by atoms with Crippen molar-refractivity contribution in [1.82, 2.24) is 20.2 Å². The molecule has 2 N–H and O–H groups in total. The number of carbonyl (C=O) groups excluding carboxylic acids is 1. The van der Waals surface area contributed by atoms with E-state index in [4.69, 9.17) is 9.47 Å². The number of para-hydroxylation sites is 1. The lowest BCUT2D eigenvalue weighted by Crippen LogP contribution is -2.31. The van der Waals surface area contributed by atoms with E-state index in [0.717, 1.165) is 5.56 Å². The van der Waals surface area contributed by atoms with Gasteiger partial charge in [0.2, 0.25) is 5.95 Å². The fourth-order valence-corrected chi connectivity index (χ4v) is 3.54. The van der Waals surface area contributed by atoms with Gasteiger partial charge in [-0.15, -0.1) is 0 Å². The van der Waals surface area contributed by atoms with Crippen LogP contribution in [-0.2, 0) is 4.79 Å². The van der Waals surface area contributed by atoms with E-state index in [-0.39, 0.29) is 12.0 Å². The Bertz CT molecular complexity index is 1120. The number of tetrazole rings is 1. The van der Waals surface area contributed by atoms with E-state index in [1.807, 2.05) is 69.3 Å². The standard InChI is InChI=1S/C22H24N6O3/c1-13(2)31-17-11-10-15(12-18(17)30-4)20-19(14(3)23-22-25-26-27-28(20)22)21(29)24-16-8-6-5-7-9-16/h5-13,20H,1-4H3,(H,24,29)(H,23,25,27). The number of carbonyl (C=O) groups is 1. The van der Waals surface area contributed by atoms with Gasteiger partial charge in [0.15, 0.2) is 11.5 Å². The molecule has 9 nitrogen and oxygen atoms in total. The number of hydrogen-bond acceptors (Lipinski definition) is 7. The quantitative estimate of drug-likeness (QED) is 0.630. The highest BCUT2D eigenvalue weighted by atomic mass is 16.5. The van der Waals surface area contributed by atoms with Gasteiger partial charge in [-0.05, 0) is 61.0 Å². The number of benzene rings is 2. The van der Waals surface area contributed by atoms with Crippen molar-refractivity contribution in [3.8, 4) is 11.5 Å². The topological polar surface area (TPSA) is 103 Å². The molecule has 0 fully saturated rings. The molecule has 4 rings (SSSR count). The molecule has 1 aliphatic rings. The number of ether oxygens (including phenoxy) is 2. The summed E-state index contributed by atoms with van der Waals surface area (Å²) in [5, 5.41) is 18.0. The summed E-state index contributed by atoms with van der Waals surface area (Å²) in [6.45, 7) is 5.73. The van der Waals surface area contributed by atoms with E-state index in [1.165, 1.54) is 0 Å². The second kappa shape index (κ2) is 8.47. The van der Waals surface area contributed by atoms with Crippen molar-refractivity contribution in [3.63, 3.8) is 0 Å². The third-order valence-electron chi connectivity index (χ3n) is 4.86. The number of methoxy groups -OCH3 is 1. The molecule has 2 heterocycles. The van der Waals surface area contributed by atoms with Crippen LogP contribution in [0.3, 0.4) is 0 Å². The molecule has 31 heavy (non-hydrogen) atoms. The van der Waals surface area contributed by atoms with Gasteiger partial charge in [-0.1, -0.05) is 29.4 Å². The van der Waals surface area contributed by atoms with E-state index in [1.54, 1.807) is 11.8 Å². The number of aromatic nitrogens is 4. The summed E-state index contributed by atoms with van der Waals surface area (Å²) in [7, 11) is 1.58. The number of rotatable bonds is 6. The van der Waals surface area contributed by atoms with E-state index in [2.05, 4.69) is 26.2 Å². The summed E-state index contributed by atoms with van der Waals surface area (Å²) < 4.78 is 13.0. The van der Waals surface area contributed by atoms with Crippen LogP contribution < -0.4 is 20.1 Å². The first-order valence-electron chi connectivity index (χ1n) is 9.94. The molecule has 1 atom stereocenters. The van der Waals surface area contributed by atoms with Gasteiger partial charge in [0.05, 0.1) is 18.8 Å². The van der Waals surface area contributed by atoms with Crippen LogP contribution in [0.1, 0.15) is 32.4 Å². The molecular formula is C22H24N6O3. The second-order valence-electron chi connectivity index (χ2n) is 7.41. The maximum Gasteiger partial charge on any atom is 0.255 e. The Morgan fingerprint density at radius 3 is 2.65 bits per heavy atom. The third kappa shape index (κ3) is 4.07. The lowest BCUT2D eigenvalue weighted by atomic mass is 9.94. The van der Waals surface area contributed by atoms with Crippen molar-refractivity contribution in [2.75, 3.05) is 17.7 Å². The van der Waals surface area contributed by atoms with Crippen LogP contribution in [0, 0.1) is 0 Å². The summed E-state index contributed by atoms with van der Waals surface area (Å²) in [5.41, 5.74) is 2.67. The molecule has 0 aliphatic carbocycles. The highest BCUT2D eigenvalue weighted by Crippen LogP contribution is 2.38. The minimum atomic E-state index is -0.544. The molecule has 2 aromatic carbocycles. The van der Waals surface area contributed by atoms with Crippen LogP contribution in [0.4, 0.5) is 11.6 Å². The number of nitrogens with zero attached hydrogens (tertiary/aromatic N) is 4. The predicted molar refractivity (Wildman–Crippen MR) is 116 cm³/mol. The molecule has 1 aliphatic heterocycles. The summed E-state index contributed by atoms with van der Waals surface area (Å²) in [6.07, 6.45) is -0.000833. The fraction of sp³-hybridized carbons (Fsp3) is 0.273. The average molecular weight is 420 g/mol.